The molecule has 0 unspecified atom stereocenters. The van der Waals surface area contributed by atoms with E-state index in [1.54, 1.807) is 6.20 Å². The van der Waals surface area contributed by atoms with Gasteiger partial charge in [0, 0.05) is 30.5 Å². The fourth-order valence-corrected chi connectivity index (χ4v) is 6.49. The second-order valence-corrected chi connectivity index (χ2v) is 16.5. The number of aryl methyl sites for hydroxylation is 1. The maximum absolute atomic E-state index is 13.2. The first-order chi connectivity index (χ1) is 28.1. The molecule has 0 aliphatic heterocycles. The summed E-state index contributed by atoms with van der Waals surface area (Å²) >= 11 is 0. The molecule has 60 heavy (non-hydrogen) atoms. The third-order valence-corrected chi connectivity index (χ3v) is 9.68. The zero-order chi connectivity index (χ0) is 45.5. The summed E-state index contributed by atoms with van der Waals surface area (Å²) < 4.78 is 84.6. The third-order valence-electron chi connectivity index (χ3n) is 9.68. The van der Waals surface area contributed by atoms with E-state index in [4.69, 9.17) is 4.74 Å². The van der Waals surface area contributed by atoms with Gasteiger partial charge in [-0.1, -0.05) is 123 Å². The Hall–Kier alpha value is -4.02. The molecule has 1 saturated carbocycles. The van der Waals surface area contributed by atoms with Crippen molar-refractivity contribution in [3.05, 3.63) is 94.2 Å². The van der Waals surface area contributed by atoms with Crippen LogP contribution in [-0.4, -0.2) is 35.5 Å². The van der Waals surface area contributed by atoms with Crippen molar-refractivity contribution in [2.75, 3.05) is 18.4 Å². The molecular formula is C49H73F6N3O2. The minimum absolute atomic E-state index is 0.0974. The van der Waals surface area contributed by atoms with Crippen molar-refractivity contribution in [1.82, 2.24) is 4.90 Å². The number of nitrogens with one attached hydrogen (secondary N) is 1. The van der Waals surface area contributed by atoms with E-state index in [1.165, 1.54) is 57.4 Å². The zero-order valence-corrected chi connectivity index (χ0v) is 38.2. The van der Waals surface area contributed by atoms with Crippen LogP contribution in [0.3, 0.4) is 0 Å². The summed E-state index contributed by atoms with van der Waals surface area (Å²) in [6.07, 6.45) is 9.95. The predicted molar refractivity (Wildman–Crippen MR) is 239 cm³/mol. The Morgan fingerprint density at radius 1 is 0.800 bits per heavy atom. The first-order valence-electron chi connectivity index (χ1n) is 21.9. The van der Waals surface area contributed by atoms with Crippen LogP contribution in [0.5, 0.6) is 0 Å². The highest BCUT2D eigenvalue weighted by molar-refractivity contribution is 5.94. The van der Waals surface area contributed by atoms with E-state index >= 15 is 0 Å². The van der Waals surface area contributed by atoms with Gasteiger partial charge in [-0.15, -0.1) is 0 Å². The molecule has 0 spiro atoms. The van der Waals surface area contributed by atoms with Gasteiger partial charge in [0.05, 0.1) is 11.1 Å². The largest absolute Gasteiger partial charge is 0.444 e. The summed E-state index contributed by atoms with van der Waals surface area (Å²) in [7, 11) is 0. The van der Waals surface area contributed by atoms with Crippen LogP contribution in [0, 0.1) is 5.92 Å². The molecule has 3 rings (SSSR count). The zero-order valence-electron chi connectivity index (χ0n) is 38.2. The first kappa shape index (κ1) is 54.0. The van der Waals surface area contributed by atoms with Crippen molar-refractivity contribution in [2.45, 2.75) is 171 Å². The van der Waals surface area contributed by atoms with Crippen LogP contribution in [-0.2, 0) is 23.5 Å². The predicted octanol–water partition coefficient (Wildman–Crippen LogP) is 16.3. The van der Waals surface area contributed by atoms with E-state index in [0.717, 1.165) is 73.4 Å². The summed E-state index contributed by atoms with van der Waals surface area (Å²) in [5.74, 6) is 1.18. The SMILES string of the molecule is CC1CCCCC1.CCCCCN(CCC)C(=O)OC(C)(C)C.CC\C=C(C(=C/N=C(C)Nc1cc(C(F)(F)F)cc(C(F)(F)F)c1)/C(C)=C/CC)\c1ccc(CC)cc1. The van der Waals surface area contributed by atoms with E-state index in [-0.39, 0.29) is 23.7 Å². The molecule has 0 bridgehead atoms. The lowest BCUT2D eigenvalue weighted by Crippen LogP contribution is -2.37. The fourth-order valence-electron chi connectivity index (χ4n) is 6.49. The van der Waals surface area contributed by atoms with Crippen molar-refractivity contribution >= 4 is 23.2 Å². The minimum atomic E-state index is -4.93. The highest BCUT2D eigenvalue weighted by Gasteiger charge is 2.37. The van der Waals surface area contributed by atoms with Crippen molar-refractivity contribution in [3.63, 3.8) is 0 Å². The van der Waals surface area contributed by atoms with Gasteiger partial charge < -0.3 is 15.0 Å². The molecule has 0 aromatic heterocycles. The van der Waals surface area contributed by atoms with Gasteiger partial charge in [0.1, 0.15) is 11.4 Å². The van der Waals surface area contributed by atoms with Gasteiger partial charge in [-0.25, -0.2) is 9.79 Å². The van der Waals surface area contributed by atoms with Gasteiger partial charge in [0.15, 0.2) is 0 Å². The van der Waals surface area contributed by atoms with Gasteiger partial charge in [-0.2, -0.15) is 26.3 Å². The molecule has 2 aromatic carbocycles. The van der Waals surface area contributed by atoms with Gasteiger partial charge in [-0.05, 0) is 113 Å². The monoisotopic (exact) mass is 850 g/mol. The van der Waals surface area contributed by atoms with Crippen LogP contribution in [0.1, 0.15) is 169 Å². The number of amidine groups is 1. The van der Waals surface area contributed by atoms with E-state index in [9.17, 15) is 31.1 Å². The number of unbranched alkanes of at least 4 members (excludes halogenated alkanes) is 2. The average molecular weight is 850 g/mol. The van der Waals surface area contributed by atoms with Crippen LogP contribution in [0.2, 0.25) is 0 Å². The summed E-state index contributed by atoms with van der Waals surface area (Å²) in [5, 5.41) is 2.59. The van der Waals surface area contributed by atoms with Crippen LogP contribution < -0.4 is 5.32 Å². The van der Waals surface area contributed by atoms with E-state index < -0.39 is 29.1 Å². The highest BCUT2D eigenvalue weighted by atomic mass is 19.4. The number of carbonyl (C=O) groups is 1. The number of alkyl halides is 6. The highest BCUT2D eigenvalue weighted by Crippen LogP contribution is 2.38. The number of allylic oxidation sites excluding steroid dienone is 5. The number of benzene rings is 2. The van der Waals surface area contributed by atoms with Crippen molar-refractivity contribution in [2.24, 2.45) is 10.9 Å². The van der Waals surface area contributed by atoms with Gasteiger partial charge in [-0.3, -0.25) is 0 Å². The Morgan fingerprint density at radius 2 is 1.37 bits per heavy atom. The van der Waals surface area contributed by atoms with Crippen LogP contribution in [0.4, 0.5) is 36.8 Å². The Bertz CT molecular complexity index is 1640. The van der Waals surface area contributed by atoms with E-state index in [1.807, 2.05) is 64.7 Å². The molecule has 11 heteroatoms. The molecule has 2 aromatic rings. The summed E-state index contributed by atoms with van der Waals surface area (Å²) in [4.78, 5) is 18.0. The topological polar surface area (TPSA) is 53.9 Å². The summed E-state index contributed by atoms with van der Waals surface area (Å²) in [6.45, 7) is 23.4. The van der Waals surface area contributed by atoms with Crippen LogP contribution >= 0.6 is 0 Å². The molecular weight excluding hydrogens is 777 g/mol. The molecule has 0 atom stereocenters. The Labute approximate surface area is 357 Å². The Balaban J connectivity index is 0.000000638. The number of hydrogen-bond acceptors (Lipinski definition) is 3. The number of aliphatic imine (C=N–C) groups is 1. The number of rotatable bonds is 14. The number of amides is 1. The lowest BCUT2D eigenvalue weighted by atomic mass is 9.91. The molecule has 0 heterocycles. The lowest BCUT2D eigenvalue weighted by molar-refractivity contribution is -0.143. The average Bonchev–Trinajstić information content (AvgIpc) is 3.17. The van der Waals surface area contributed by atoms with Crippen molar-refractivity contribution in [3.8, 4) is 0 Å². The molecule has 0 saturated heterocycles. The van der Waals surface area contributed by atoms with Crippen LogP contribution in [0.25, 0.3) is 5.57 Å². The standard InChI is InChI=1S/C29H32F6N2.C13H27NO2.C7H14/c1-6-9-19(4)27(26(10-7-2)22-13-11-21(8-3)12-14-22)18-36-20(5)37-25-16-23(28(30,31)32)15-24(17-25)29(33,34)35;1-6-8-9-11-14(10-7-2)12(15)16-13(3,4)5;1-7-5-3-2-4-6-7/h9-18H,6-8H2,1-5H3,(H,36,37);6-11H2,1-5H3;7H,2-6H2,1H3/b19-9+,26-10-,27-18+;;. The van der Waals surface area contributed by atoms with E-state index in [2.05, 4.69) is 56.2 Å². The number of hydrogen-bond donors (Lipinski definition) is 1. The third kappa shape index (κ3) is 21.5. The van der Waals surface area contributed by atoms with Crippen molar-refractivity contribution in [1.29, 1.82) is 0 Å². The number of anilines is 1. The molecule has 5 nitrogen and oxygen atoms in total. The second kappa shape index (κ2) is 27.0. The summed E-state index contributed by atoms with van der Waals surface area (Å²) in [5.41, 5.74) is 1.38. The molecule has 1 fully saturated rings. The molecule has 0 radical (unpaired) electrons. The van der Waals surface area contributed by atoms with Gasteiger partial charge in [0.2, 0.25) is 0 Å². The first-order valence-corrected chi connectivity index (χ1v) is 21.9. The Kier molecular flexibility index (Phi) is 24.3. The minimum Gasteiger partial charge on any atom is -0.444 e. The summed E-state index contributed by atoms with van der Waals surface area (Å²) in [6, 6.07) is 9.54. The van der Waals surface area contributed by atoms with Crippen LogP contribution in [0.15, 0.2) is 77.0 Å². The maximum atomic E-state index is 13.2. The fraction of sp³-hybridized carbons (Fsp3) is 0.592. The molecule has 1 aliphatic rings. The second-order valence-electron chi connectivity index (χ2n) is 16.5. The number of ether oxygens (including phenoxy) is 1. The maximum Gasteiger partial charge on any atom is 0.416 e. The molecule has 338 valence electrons. The molecule has 1 aliphatic carbocycles. The van der Waals surface area contributed by atoms with E-state index in [0.29, 0.717) is 12.1 Å². The normalized spacial score (nSPS) is 14.8. The Morgan fingerprint density at radius 3 is 1.80 bits per heavy atom. The molecule has 1 amide bonds. The lowest BCUT2D eigenvalue weighted by Gasteiger charge is -2.27. The van der Waals surface area contributed by atoms with Crippen molar-refractivity contribution < 1.29 is 35.9 Å². The van der Waals surface area contributed by atoms with Gasteiger partial charge >= 0.3 is 18.4 Å². The molecule has 1 N–H and O–H groups in total. The number of halogens is 6. The number of nitrogens with zero attached hydrogens (tertiary/aromatic N) is 2. The number of carbonyl (C=O) groups excluding carboxylic acids is 1. The van der Waals surface area contributed by atoms with Gasteiger partial charge in [0.25, 0.3) is 0 Å². The quantitative estimate of drug-likeness (QED) is 0.0677. The smallest absolute Gasteiger partial charge is 0.416 e.